The van der Waals surface area contributed by atoms with Gasteiger partial charge in [-0.15, -0.1) is 0 Å². The number of aromatic hydroxyl groups is 2. The molecule has 3 N–H and O–H groups in total. The Morgan fingerprint density at radius 2 is 1.35 bits per heavy atom. The molecule has 0 amide bonds. The summed E-state index contributed by atoms with van der Waals surface area (Å²) in [6, 6.07) is 6.49. The number of phenolic OH excluding ortho intramolecular Hbond substituents is 2. The first-order chi connectivity index (χ1) is 10.2. The first-order valence-corrected chi connectivity index (χ1v) is 7.42. The molecule has 0 heterocycles. The van der Waals surface area contributed by atoms with Gasteiger partial charge in [0.25, 0.3) is 10.1 Å². The number of hydrogen-bond donors (Lipinski definition) is 3. The SMILES string of the molecule is O=C1c2ccccc2C(=O)c2c1cc(S(=O)(=O)O)c(O)c2O.[Na+]. The van der Waals surface area contributed by atoms with Crippen LogP contribution in [-0.2, 0) is 10.1 Å². The van der Waals surface area contributed by atoms with Crippen molar-refractivity contribution in [2.75, 3.05) is 0 Å². The molecule has 0 saturated carbocycles. The normalized spacial score (nSPS) is 13.1. The van der Waals surface area contributed by atoms with Crippen LogP contribution in [0.3, 0.4) is 0 Å². The molecule has 1 aliphatic rings. The van der Waals surface area contributed by atoms with Crippen LogP contribution >= 0.6 is 0 Å². The van der Waals surface area contributed by atoms with Gasteiger partial charge in [0.15, 0.2) is 23.1 Å². The molecule has 23 heavy (non-hydrogen) atoms. The van der Waals surface area contributed by atoms with Crippen LogP contribution in [-0.4, -0.2) is 34.8 Å². The second-order valence-electron chi connectivity index (χ2n) is 4.67. The van der Waals surface area contributed by atoms with Gasteiger partial charge in [0.05, 0.1) is 5.56 Å². The summed E-state index contributed by atoms with van der Waals surface area (Å²) in [6.07, 6.45) is 0. The molecule has 0 atom stereocenters. The van der Waals surface area contributed by atoms with Crippen molar-refractivity contribution in [1.82, 2.24) is 0 Å². The van der Waals surface area contributed by atoms with Crippen LogP contribution in [0.4, 0.5) is 0 Å². The molecule has 0 radical (unpaired) electrons. The average Bonchev–Trinajstić information content (AvgIpc) is 2.46. The van der Waals surface area contributed by atoms with Crippen LogP contribution < -0.4 is 29.6 Å². The second kappa shape index (κ2) is 5.73. The minimum Gasteiger partial charge on any atom is -0.504 e. The third-order valence-corrected chi connectivity index (χ3v) is 4.27. The molecule has 0 spiro atoms. The molecule has 0 unspecified atom stereocenters. The molecule has 0 bridgehead atoms. The van der Waals surface area contributed by atoms with Crippen molar-refractivity contribution in [3.63, 3.8) is 0 Å². The van der Waals surface area contributed by atoms with E-state index in [0.29, 0.717) is 6.07 Å². The van der Waals surface area contributed by atoms with E-state index in [9.17, 15) is 28.2 Å². The van der Waals surface area contributed by atoms with Crippen molar-refractivity contribution < 1.29 is 62.3 Å². The Labute approximate surface area is 152 Å². The minimum atomic E-state index is -4.88. The Hall–Kier alpha value is -1.71. The first kappa shape index (κ1) is 17.6. The average molecular weight is 343 g/mol. The van der Waals surface area contributed by atoms with Gasteiger partial charge in [-0.1, -0.05) is 24.3 Å². The summed E-state index contributed by atoms with van der Waals surface area (Å²) >= 11 is 0. The second-order valence-corrected chi connectivity index (χ2v) is 6.06. The molecule has 7 nitrogen and oxygen atoms in total. The van der Waals surface area contributed by atoms with Gasteiger partial charge in [0.2, 0.25) is 0 Å². The van der Waals surface area contributed by atoms with Gasteiger partial charge in [0.1, 0.15) is 4.90 Å². The van der Waals surface area contributed by atoms with E-state index in [0.717, 1.165) is 0 Å². The van der Waals surface area contributed by atoms with Crippen molar-refractivity contribution in [3.8, 4) is 11.5 Å². The van der Waals surface area contributed by atoms with Crippen molar-refractivity contribution in [1.29, 1.82) is 0 Å². The molecule has 112 valence electrons. The van der Waals surface area contributed by atoms with Gasteiger partial charge in [0, 0.05) is 16.7 Å². The predicted octanol–water partition coefficient (Wildman–Crippen LogP) is -1.88. The zero-order valence-electron chi connectivity index (χ0n) is 11.8. The van der Waals surface area contributed by atoms with Gasteiger partial charge >= 0.3 is 29.6 Å². The minimum absolute atomic E-state index is 0. The number of carbonyl (C=O) groups is 2. The van der Waals surface area contributed by atoms with Gasteiger partial charge in [-0.3, -0.25) is 14.1 Å². The summed E-state index contributed by atoms with van der Waals surface area (Å²) in [5.74, 6) is -3.65. The zero-order valence-corrected chi connectivity index (χ0v) is 14.6. The number of carbonyl (C=O) groups excluding carboxylic acids is 2. The number of benzene rings is 2. The fourth-order valence-electron chi connectivity index (χ4n) is 2.40. The number of hydrogen-bond acceptors (Lipinski definition) is 6. The fourth-order valence-corrected chi connectivity index (χ4v) is 3.01. The third-order valence-electron chi connectivity index (χ3n) is 3.41. The fraction of sp³-hybridized carbons (Fsp3) is 0. The predicted molar refractivity (Wildman–Crippen MR) is 72.9 cm³/mol. The van der Waals surface area contributed by atoms with Crippen LogP contribution in [0.25, 0.3) is 0 Å². The smallest absolute Gasteiger partial charge is 0.504 e. The Kier molecular flexibility index (Phi) is 4.40. The van der Waals surface area contributed by atoms with Crippen molar-refractivity contribution >= 4 is 21.7 Å². The number of rotatable bonds is 1. The van der Waals surface area contributed by atoms with E-state index in [1.165, 1.54) is 24.3 Å². The van der Waals surface area contributed by atoms with Crippen molar-refractivity contribution in [3.05, 3.63) is 52.6 Å². The molecule has 1 aliphatic carbocycles. The van der Waals surface area contributed by atoms with E-state index in [-0.39, 0.29) is 40.7 Å². The maximum absolute atomic E-state index is 12.4. The van der Waals surface area contributed by atoms with Crippen molar-refractivity contribution in [2.45, 2.75) is 4.90 Å². The molecule has 3 rings (SSSR count). The Bertz CT molecular complexity index is 963. The van der Waals surface area contributed by atoms with Crippen LogP contribution in [0.15, 0.2) is 35.2 Å². The summed E-state index contributed by atoms with van der Waals surface area (Å²) < 4.78 is 31.5. The van der Waals surface area contributed by atoms with Gasteiger partial charge < -0.3 is 10.2 Å². The topological polar surface area (TPSA) is 129 Å². The van der Waals surface area contributed by atoms with Gasteiger partial charge in [-0.25, -0.2) is 0 Å². The van der Waals surface area contributed by atoms with Crippen LogP contribution in [0.5, 0.6) is 11.5 Å². The Morgan fingerprint density at radius 3 is 1.87 bits per heavy atom. The summed E-state index contributed by atoms with van der Waals surface area (Å²) in [5, 5.41) is 19.6. The molecule has 0 aromatic heterocycles. The summed E-state index contributed by atoms with van der Waals surface area (Å²) in [7, 11) is -4.88. The van der Waals surface area contributed by atoms with Crippen LogP contribution in [0, 0.1) is 0 Å². The quantitative estimate of drug-likeness (QED) is 0.268. The largest absolute Gasteiger partial charge is 1.00 e. The maximum Gasteiger partial charge on any atom is 1.00 e. The van der Waals surface area contributed by atoms with E-state index in [1.807, 2.05) is 0 Å². The van der Waals surface area contributed by atoms with E-state index < -0.39 is 49.2 Å². The molecule has 0 saturated heterocycles. The maximum atomic E-state index is 12.4. The first-order valence-electron chi connectivity index (χ1n) is 5.98. The molecular weight excluding hydrogens is 335 g/mol. The molecule has 2 aromatic carbocycles. The number of ketones is 2. The summed E-state index contributed by atoms with van der Waals surface area (Å²) in [6.45, 7) is 0. The van der Waals surface area contributed by atoms with E-state index in [4.69, 9.17) is 4.55 Å². The Balaban J connectivity index is 0.00000192. The number of phenols is 2. The Morgan fingerprint density at radius 1 is 0.826 bits per heavy atom. The number of fused-ring (bicyclic) bond motifs is 2. The molecule has 2 aromatic rings. The van der Waals surface area contributed by atoms with E-state index in [1.54, 1.807) is 0 Å². The van der Waals surface area contributed by atoms with Crippen molar-refractivity contribution in [2.24, 2.45) is 0 Å². The van der Waals surface area contributed by atoms with E-state index in [2.05, 4.69) is 0 Å². The summed E-state index contributed by atoms with van der Waals surface area (Å²) in [5.41, 5.74) is -0.805. The molecule has 0 fully saturated rings. The van der Waals surface area contributed by atoms with E-state index >= 15 is 0 Å². The summed E-state index contributed by atoms with van der Waals surface area (Å²) in [4.78, 5) is 23.7. The molecule has 0 aliphatic heterocycles. The molecule has 9 heteroatoms. The zero-order chi connectivity index (χ0) is 16.2. The van der Waals surface area contributed by atoms with Gasteiger partial charge in [-0.05, 0) is 6.07 Å². The standard InChI is InChI=1S/C14H8O7S.Na/c15-11-6-3-1-2-4-7(6)12(16)10-8(11)5-9(22(19,20)21)13(17)14(10)18;/h1-5,17-18H,(H,19,20,21);/q;+1. The monoisotopic (exact) mass is 343 g/mol. The van der Waals surface area contributed by atoms with Crippen LogP contribution in [0.2, 0.25) is 0 Å². The molecular formula is C14H8NaO7S+. The van der Waals surface area contributed by atoms with Gasteiger partial charge in [-0.2, -0.15) is 8.42 Å². The third kappa shape index (κ3) is 2.58. The van der Waals surface area contributed by atoms with Crippen LogP contribution in [0.1, 0.15) is 31.8 Å².